The highest BCUT2D eigenvalue weighted by Gasteiger charge is 2.66. The van der Waals surface area contributed by atoms with Crippen molar-refractivity contribution in [3.05, 3.63) is 11.1 Å². The van der Waals surface area contributed by atoms with Crippen LogP contribution in [-0.2, 0) is 4.79 Å². The van der Waals surface area contributed by atoms with Crippen LogP contribution in [0.2, 0.25) is 0 Å². The minimum absolute atomic E-state index is 0.0413. The van der Waals surface area contributed by atoms with E-state index in [2.05, 4.69) is 55.4 Å². The van der Waals surface area contributed by atoms with Crippen LogP contribution in [0.1, 0.15) is 120 Å². The monoisotopic (exact) mass is 442 g/mol. The maximum atomic E-state index is 13.9. The number of hydrogen-bond donors (Lipinski definition) is 1. The van der Waals surface area contributed by atoms with Gasteiger partial charge in [0.15, 0.2) is 0 Å². The molecule has 2 saturated carbocycles. The summed E-state index contributed by atoms with van der Waals surface area (Å²) in [5, 5.41) is 10.8. The van der Waals surface area contributed by atoms with Crippen LogP contribution in [0.15, 0.2) is 11.1 Å². The third-order valence-corrected chi connectivity index (χ3v) is 11.7. The molecule has 182 valence electrons. The molecule has 32 heavy (non-hydrogen) atoms. The number of hydrogen-bond acceptors (Lipinski definition) is 2. The lowest BCUT2D eigenvalue weighted by Crippen LogP contribution is -2.55. The first-order valence-electron chi connectivity index (χ1n) is 13.7. The van der Waals surface area contributed by atoms with Crippen LogP contribution in [0, 0.1) is 45.3 Å². The zero-order valence-corrected chi connectivity index (χ0v) is 22.3. The Morgan fingerprint density at radius 1 is 0.938 bits per heavy atom. The molecular formula is C30H50O2. The summed E-state index contributed by atoms with van der Waals surface area (Å²) in [6.07, 6.45) is 11.0. The van der Waals surface area contributed by atoms with Gasteiger partial charge in [0.05, 0.1) is 11.5 Å². The van der Waals surface area contributed by atoms with Crippen molar-refractivity contribution >= 4 is 5.78 Å². The highest BCUT2D eigenvalue weighted by Crippen LogP contribution is 2.71. The normalized spacial score (nSPS) is 44.3. The summed E-state index contributed by atoms with van der Waals surface area (Å²) in [4.78, 5) is 13.9. The molecule has 1 N–H and O–H groups in total. The first-order chi connectivity index (χ1) is 14.8. The van der Waals surface area contributed by atoms with E-state index in [1.165, 1.54) is 32.1 Å². The lowest BCUT2D eigenvalue weighted by Gasteiger charge is -2.61. The molecule has 7 atom stereocenters. The van der Waals surface area contributed by atoms with Crippen LogP contribution in [0.25, 0.3) is 0 Å². The van der Waals surface area contributed by atoms with Gasteiger partial charge in [-0.25, -0.2) is 0 Å². The lowest BCUT2D eigenvalue weighted by molar-refractivity contribution is -0.129. The van der Waals surface area contributed by atoms with Crippen LogP contribution >= 0.6 is 0 Å². The second-order valence-corrected chi connectivity index (χ2v) is 13.9. The lowest BCUT2D eigenvalue weighted by atomic mass is 9.43. The molecule has 2 fully saturated rings. The Labute approximate surface area is 198 Å². The Morgan fingerprint density at radius 3 is 2.28 bits per heavy atom. The Hall–Kier alpha value is -0.630. The van der Waals surface area contributed by atoms with Crippen molar-refractivity contribution in [1.29, 1.82) is 0 Å². The van der Waals surface area contributed by atoms with Crippen LogP contribution < -0.4 is 0 Å². The van der Waals surface area contributed by atoms with Gasteiger partial charge in [0.2, 0.25) is 0 Å². The van der Waals surface area contributed by atoms with Crippen molar-refractivity contribution in [3.8, 4) is 0 Å². The molecule has 4 aliphatic carbocycles. The molecule has 4 rings (SSSR count). The fraction of sp³-hybridized carbons (Fsp3) is 0.900. The van der Waals surface area contributed by atoms with Gasteiger partial charge in [0.1, 0.15) is 5.78 Å². The molecule has 2 nitrogen and oxygen atoms in total. The van der Waals surface area contributed by atoms with Crippen LogP contribution in [-0.4, -0.2) is 17.0 Å². The van der Waals surface area contributed by atoms with Gasteiger partial charge in [-0.3, -0.25) is 4.79 Å². The quantitative estimate of drug-likeness (QED) is 0.442. The molecule has 0 amide bonds. The topological polar surface area (TPSA) is 37.3 Å². The number of allylic oxidation sites excluding steroid dienone is 2. The Kier molecular flexibility index (Phi) is 6.09. The van der Waals surface area contributed by atoms with E-state index < -0.39 is 0 Å². The van der Waals surface area contributed by atoms with E-state index in [0.717, 1.165) is 38.0 Å². The standard InChI is InChI=1S/C30H50O2/c1-19(2)10-9-11-20(3)23-18-26(32)30(8)22-12-13-24-27(4,5)25(31)15-16-28(24,6)21(22)14-17-29(23,30)7/h19-20,23-25,31H,9-18H2,1-8H3/t20-,23-,24?,25+,28-,29-,30-/m1/s1. The molecule has 4 aliphatic rings. The van der Waals surface area contributed by atoms with Crippen molar-refractivity contribution in [3.63, 3.8) is 0 Å². The van der Waals surface area contributed by atoms with Crippen LogP contribution in [0.3, 0.4) is 0 Å². The number of carbonyl (C=O) groups is 1. The maximum absolute atomic E-state index is 13.9. The van der Waals surface area contributed by atoms with E-state index in [1.54, 1.807) is 11.1 Å². The minimum Gasteiger partial charge on any atom is -0.393 e. The van der Waals surface area contributed by atoms with Gasteiger partial charge in [-0.1, -0.05) is 78.9 Å². The smallest absolute Gasteiger partial charge is 0.143 e. The summed E-state index contributed by atoms with van der Waals surface area (Å²) in [6.45, 7) is 19.0. The number of Topliss-reactive ketones (excluding diaryl/α,β-unsaturated/α-hetero) is 1. The van der Waals surface area contributed by atoms with Gasteiger partial charge in [-0.15, -0.1) is 0 Å². The van der Waals surface area contributed by atoms with E-state index in [-0.39, 0.29) is 27.8 Å². The SMILES string of the molecule is CC(C)CCC[C@@H](C)[C@H]1CC(=O)[C@@]2(C)C3=C(CC[C@]12C)[C@@]1(C)CC[C@H](O)C(C)(C)C1CC3. The largest absolute Gasteiger partial charge is 0.393 e. The predicted octanol–water partition coefficient (Wildman–Crippen LogP) is 7.74. The summed E-state index contributed by atoms with van der Waals surface area (Å²) in [5.74, 6) is 2.97. The average Bonchev–Trinajstić information content (AvgIpc) is 2.92. The minimum atomic E-state index is -0.272. The molecule has 0 aromatic rings. The van der Waals surface area contributed by atoms with E-state index in [9.17, 15) is 9.90 Å². The molecule has 0 aliphatic heterocycles. The second kappa shape index (κ2) is 7.96. The molecule has 0 radical (unpaired) electrons. The molecule has 0 aromatic heterocycles. The van der Waals surface area contributed by atoms with Gasteiger partial charge in [-0.05, 0) is 85.4 Å². The van der Waals surface area contributed by atoms with Gasteiger partial charge in [-0.2, -0.15) is 0 Å². The number of aliphatic hydroxyl groups is 1. The van der Waals surface area contributed by atoms with Gasteiger partial charge < -0.3 is 5.11 Å². The Bertz CT molecular complexity index is 791. The first kappa shape index (κ1) is 24.5. The fourth-order valence-electron chi connectivity index (χ4n) is 9.39. The fourth-order valence-corrected chi connectivity index (χ4v) is 9.39. The maximum Gasteiger partial charge on any atom is 0.143 e. The number of fused-ring (bicyclic) bond motifs is 4. The molecule has 0 spiro atoms. The third kappa shape index (κ3) is 3.24. The van der Waals surface area contributed by atoms with E-state index in [4.69, 9.17) is 0 Å². The van der Waals surface area contributed by atoms with Crippen molar-refractivity contribution in [2.45, 2.75) is 126 Å². The molecule has 0 bridgehead atoms. The van der Waals surface area contributed by atoms with Crippen molar-refractivity contribution in [2.24, 2.45) is 45.3 Å². The third-order valence-electron chi connectivity index (χ3n) is 11.7. The molecule has 0 saturated heterocycles. The molecule has 0 aromatic carbocycles. The second-order valence-electron chi connectivity index (χ2n) is 13.9. The van der Waals surface area contributed by atoms with Crippen LogP contribution in [0.5, 0.6) is 0 Å². The van der Waals surface area contributed by atoms with Gasteiger partial charge in [0.25, 0.3) is 0 Å². The first-order valence-corrected chi connectivity index (χ1v) is 13.7. The highest BCUT2D eigenvalue weighted by molar-refractivity contribution is 5.92. The predicted molar refractivity (Wildman–Crippen MR) is 133 cm³/mol. The molecule has 0 heterocycles. The zero-order chi connectivity index (χ0) is 23.7. The Balaban J connectivity index is 1.68. The highest BCUT2D eigenvalue weighted by atomic mass is 16.3. The van der Waals surface area contributed by atoms with E-state index >= 15 is 0 Å². The number of carbonyl (C=O) groups excluding carboxylic acids is 1. The van der Waals surface area contributed by atoms with Gasteiger partial charge >= 0.3 is 0 Å². The number of rotatable bonds is 5. The molecule has 1 unspecified atom stereocenters. The van der Waals surface area contributed by atoms with Crippen LogP contribution in [0.4, 0.5) is 0 Å². The average molecular weight is 443 g/mol. The summed E-state index contributed by atoms with van der Waals surface area (Å²) in [7, 11) is 0. The van der Waals surface area contributed by atoms with Gasteiger partial charge in [0, 0.05) is 6.42 Å². The van der Waals surface area contributed by atoms with Crippen molar-refractivity contribution < 1.29 is 9.90 Å². The molecule has 2 heteroatoms. The number of ketones is 1. The molecular weight excluding hydrogens is 392 g/mol. The summed E-state index contributed by atoms with van der Waals surface area (Å²) >= 11 is 0. The summed E-state index contributed by atoms with van der Waals surface area (Å²) < 4.78 is 0. The van der Waals surface area contributed by atoms with Crippen molar-refractivity contribution in [2.75, 3.05) is 0 Å². The van der Waals surface area contributed by atoms with Crippen molar-refractivity contribution in [1.82, 2.24) is 0 Å². The Morgan fingerprint density at radius 2 is 1.62 bits per heavy atom. The number of aliphatic hydroxyl groups excluding tert-OH is 1. The summed E-state index contributed by atoms with van der Waals surface area (Å²) in [5.41, 5.74) is 3.12. The zero-order valence-electron chi connectivity index (χ0n) is 22.3. The summed E-state index contributed by atoms with van der Waals surface area (Å²) in [6, 6.07) is 0. The van der Waals surface area contributed by atoms with E-state index in [1.807, 2.05) is 0 Å². The van der Waals surface area contributed by atoms with E-state index in [0.29, 0.717) is 23.5 Å².